The summed E-state index contributed by atoms with van der Waals surface area (Å²) in [5.74, 6) is 0. The standard InChI is InChI=1S/C23H31N3O/c1-19(15-21-8-4-3-5-9-21)16-25-12-13-26(23(18-25)11-14-27)17-22-10-6-7-20(2)24-22/h3-10,15,23,27H,11-14,16-18H2,1-2H3/b19-15+. The summed E-state index contributed by atoms with van der Waals surface area (Å²) in [5, 5.41) is 9.54. The van der Waals surface area contributed by atoms with Crippen molar-refractivity contribution in [2.24, 2.45) is 0 Å². The van der Waals surface area contributed by atoms with Crippen LogP contribution < -0.4 is 0 Å². The first-order valence-corrected chi connectivity index (χ1v) is 9.86. The van der Waals surface area contributed by atoms with Crippen LogP contribution in [0.3, 0.4) is 0 Å². The second-order valence-corrected chi connectivity index (χ2v) is 7.54. The quantitative estimate of drug-likeness (QED) is 0.817. The van der Waals surface area contributed by atoms with Crippen LogP contribution in [0.4, 0.5) is 0 Å². The van der Waals surface area contributed by atoms with E-state index in [0.717, 1.165) is 50.5 Å². The van der Waals surface area contributed by atoms with E-state index in [1.54, 1.807) is 0 Å². The molecule has 2 aromatic rings. The molecule has 1 unspecified atom stereocenters. The maximum absolute atomic E-state index is 9.54. The highest BCUT2D eigenvalue weighted by atomic mass is 16.3. The Morgan fingerprint density at radius 1 is 1.15 bits per heavy atom. The van der Waals surface area contributed by atoms with Crippen LogP contribution in [0.15, 0.2) is 54.1 Å². The Labute approximate surface area is 163 Å². The van der Waals surface area contributed by atoms with Crippen molar-refractivity contribution in [2.75, 3.05) is 32.8 Å². The van der Waals surface area contributed by atoms with Crippen molar-refractivity contribution >= 4 is 6.08 Å². The number of piperazine rings is 1. The minimum Gasteiger partial charge on any atom is -0.396 e. The van der Waals surface area contributed by atoms with Crippen molar-refractivity contribution in [2.45, 2.75) is 32.9 Å². The molecule has 4 heteroatoms. The van der Waals surface area contributed by atoms with E-state index in [4.69, 9.17) is 0 Å². The van der Waals surface area contributed by atoms with Crippen LogP contribution in [-0.4, -0.2) is 58.7 Å². The first-order valence-electron chi connectivity index (χ1n) is 9.86. The van der Waals surface area contributed by atoms with Gasteiger partial charge in [-0.2, -0.15) is 0 Å². The molecule has 0 aliphatic carbocycles. The summed E-state index contributed by atoms with van der Waals surface area (Å²) in [5.41, 5.74) is 4.81. The largest absolute Gasteiger partial charge is 0.396 e. The lowest BCUT2D eigenvalue weighted by molar-refractivity contribution is 0.0576. The third-order valence-corrected chi connectivity index (χ3v) is 5.15. The van der Waals surface area contributed by atoms with Crippen molar-refractivity contribution in [3.8, 4) is 0 Å². The zero-order chi connectivity index (χ0) is 19.1. The molecule has 1 N–H and O–H groups in total. The van der Waals surface area contributed by atoms with Gasteiger partial charge in [0.1, 0.15) is 0 Å². The highest BCUT2D eigenvalue weighted by Gasteiger charge is 2.26. The Kier molecular flexibility index (Phi) is 7.16. The second-order valence-electron chi connectivity index (χ2n) is 7.54. The fourth-order valence-corrected chi connectivity index (χ4v) is 3.86. The van der Waals surface area contributed by atoms with E-state index >= 15 is 0 Å². The fourth-order valence-electron chi connectivity index (χ4n) is 3.86. The first-order chi connectivity index (χ1) is 13.1. The second kappa shape index (κ2) is 9.79. The molecule has 0 saturated carbocycles. The van der Waals surface area contributed by atoms with Gasteiger partial charge in [-0.05, 0) is 38.0 Å². The molecule has 1 aliphatic heterocycles. The molecule has 1 saturated heterocycles. The Bertz CT molecular complexity index is 744. The number of hydrogen-bond donors (Lipinski definition) is 1. The van der Waals surface area contributed by atoms with Crippen LogP contribution in [0.2, 0.25) is 0 Å². The van der Waals surface area contributed by atoms with Crippen molar-refractivity contribution in [3.05, 3.63) is 71.1 Å². The summed E-state index contributed by atoms with van der Waals surface area (Å²) in [6.07, 6.45) is 3.08. The van der Waals surface area contributed by atoms with Gasteiger partial charge in [-0.1, -0.05) is 48.0 Å². The molecule has 2 heterocycles. The average molecular weight is 366 g/mol. The molecule has 144 valence electrons. The smallest absolute Gasteiger partial charge is 0.0547 e. The van der Waals surface area contributed by atoms with Gasteiger partial charge < -0.3 is 5.11 Å². The molecule has 3 rings (SSSR count). The zero-order valence-electron chi connectivity index (χ0n) is 16.5. The predicted molar refractivity (Wildman–Crippen MR) is 111 cm³/mol. The van der Waals surface area contributed by atoms with Gasteiger partial charge in [0.2, 0.25) is 0 Å². The monoisotopic (exact) mass is 365 g/mol. The number of aliphatic hydroxyl groups is 1. The van der Waals surface area contributed by atoms with Crippen LogP contribution in [-0.2, 0) is 6.54 Å². The van der Waals surface area contributed by atoms with Gasteiger partial charge in [0, 0.05) is 51.1 Å². The third kappa shape index (κ3) is 5.99. The van der Waals surface area contributed by atoms with Crippen LogP contribution in [0.25, 0.3) is 6.08 Å². The zero-order valence-corrected chi connectivity index (χ0v) is 16.5. The minimum atomic E-state index is 0.231. The van der Waals surface area contributed by atoms with E-state index in [9.17, 15) is 5.11 Å². The molecule has 27 heavy (non-hydrogen) atoms. The molecule has 1 aromatic carbocycles. The lowest BCUT2D eigenvalue weighted by atomic mass is 10.1. The van der Waals surface area contributed by atoms with Gasteiger partial charge in [-0.15, -0.1) is 0 Å². The molecule has 0 amide bonds. The summed E-state index contributed by atoms with van der Waals surface area (Å²) < 4.78 is 0. The van der Waals surface area contributed by atoms with Gasteiger partial charge in [-0.25, -0.2) is 0 Å². The van der Waals surface area contributed by atoms with Crippen LogP contribution >= 0.6 is 0 Å². The number of aromatic nitrogens is 1. The fraction of sp³-hybridized carbons (Fsp3) is 0.435. The summed E-state index contributed by atoms with van der Waals surface area (Å²) in [4.78, 5) is 9.64. The highest BCUT2D eigenvalue weighted by molar-refractivity contribution is 5.52. The summed E-state index contributed by atoms with van der Waals surface area (Å²) in [6, 6.07) is 17.1. The van der Waals surface area contributed by atoms with Gasteiger partial charge in [0.05, 0.1) is 5.69 Å². The molecular weight excluding hydrogens is 334 g/mol. The maximum atomic E-state index is 9.54. The lowest BCUT2D eigenvalue weighted by Crippen LogP contribution is -2.53. The number of hydrogen-bond acceptors (Lipinski definition) is 4. The number of aliphatic hydroxyl groups excluding tert-OH is 1. The van der Waals surface area contributed by atoms with Crippen molar-refractivity contribution in [1.29, 1.82) is 0 Å². The van der Waals surface area contributed by atoms with Gasteiger partial charge in [0.25, 0.3) is 0 Å². The number of aryl methyl sites for hydroxylation is 1. The van der Waals surface area contributed by atoms with E-state index in [2.05, 4.69) is 70.2 Å². The molecule has 4 nitrogen and oxygen atoms in total. The molecule has 1 atom stereocenters. The van der Waals surface area contributed by atoms with Gasteiger partial charge >= 0.3 is 0 Å². The molecule has 0 radical (unpaired) electrons. The topological polar surface area (TPSA) is 39.6 Å². The first kappa shape index (κ1) is 19.7. The van der Waals surface area contributed by atoms with Gasteiger partial charge in [-0.3, -0.25) is 14.8 Å². The molecule has 1 aromatic heterocycles. The predicted octanol–water partition coefficient (Wildman–Crippen LogP) is 3.36. The molecular formula is C23H31N3O. The normalized spacial score (nSPS) is 19.4. The minimum absolute atomic E-state index is 0.231. The van der Waals surface area contributed by atoms with E-state index in [0.29, 0.717) is 6.04 Å². The summed E-state index contributed by atoms with van der Waals surface area (Å²) in [6.45, 7) is 9.37. The number of pyridine rings is 1. The Hall–Kier alpha value is -2.01. The lowest BCUT2D eigenvalue weighted by Gasteiger charge is -2.41. The number of rotatable bonds is 7. The van der Waals surface area contributed by atoms with Crippen LogP contribution in [0.1, 0.15) is 30.3 Å². The van der Waals surface area contributed by atoms with Crippen molar-refractivity contribution < 1.29 is 5.11 Å². The van der Waals surface area contributed by atoms with Crippen molar-refractivity contribution in [3.63, 3.8) is 0 Å². The van der Waals surface area contributed by atoms with Crippen molar-refractivity contribution in [1.82, 2.24) is 14.8 Å². The molecule has 1 fully saturated rings. The Balaban J connectivity index is 1.60. The number of nitrogens with zero attached hydrogens (tertiary/aromatic N) is 3. The third-order valence-electron chi connectivity index (χ3n) is 5.15. The average Bonchev–Trinajstić information content (AvgIpc) is 2.65. The highest BCUT2D eigenvalue weighted by Crippen LogP contribution is 2.18. The van der Waals surface area contributed by atoms with Crippen LogP contribution in [0.5, 0.6) is 0 Å². The summed E-state index contributed by atoms with van der Waals surface area (Å²) >= 11 is 0. The van der Waals surface area contributed by atoms with E-state index < -0.39 is 0 Å². The molecule has 1 aliphatic rings. The maximum Gasteiger partial charge on any atom is 0.0547 e. The van der Waals surface area contributed by atoms with E-state index in [-0.39, 0.29) is 6.61 Å². The summed E-state index contributed by atoms with van der Waals surface area (Å²) in [7, 11) is 0. The van der Waals surface area contributed by atoms with E-state index in [1.807, 2.05) is 13.0 Å². The Morgan fingerprint density at radius 2 is 1.96 bits per heavy atom. The number of benzene rings is 1. The van der Waals surface area contributed by atoms with Gasteiger partial charge in [0.15, 0.2) is 0 Å². The Morgan fingerprint density at radius 3 is 2.70 bits per heavy atom. The molecule has 0 spiro atoms. The van der Waals surface area contributed by atoms with E-state index in [1.165, 1.54) is 11.1 Å². The molecule has 0 bridgehead atoms. The SMILES string of the molecule is C/C(=C\c1ccccc1)CN1CCN(Cc2cccc(C)n2)C(CCO)C1. The van der Waals surface area contributed by atoms with Crippen LogP contribution in [0, 0.1) is 6.92 Å².